The van der Waals surface area contributed by atoms with Crippen LogP contribution in [-0.4, -0.2) is 5.91 Å². The Morgan fingerprint density at radius 1 is 1.00 bits per heavy atom. The molecule has 0 spiro atoms. The number of rotatable bonds is 5. The molecule has 0 unspecified atom stereocenters. The Bertz CT molecular complexity index is 806. The number of furan rings is 1. The molecule has 0 aliphatic carbocycles. The first-order valence-electron chi connectivity index (χ1n) is 8.10. The normalized spacial score (nSPS) is 11.9. The molecule has 1 atom stereocenters. The minimum Gasteiger partial charge on any atom is -0.466 e. The number of amides is 1. The van der Waals surface area contributed by atoms with Crippen molar-refractivity contribution < 1.29 is 9.21 Å². The molecule has 0 fully saturated rings. The molecule has 3 rings (SSSR count). The van der Waals surface area contributed by atoms with Crippen molar-refractivity contribution in [2.75, 3.05) is 0 Å². The van der Waals surface area contributed by atoms with E-state index >= 15 is 0 Å². The van der Waals surface area contributed by atoms with Crippen LogP contribution in [0.2, 0.25) is 0 Å². The minimum absolute atomic E-state index is 0.0873. The van der Waals surface area contributed by atoms with Gasteiger partial charge in [-0.05, 0) is 37.5 Å². The Balaban J connectivity index is 1.85. The van der Waals surface area contributed by atoms with Crippen LogP contribution in [0.15, 0.2) is 71.1 Å². The lowest BCUT2D eigenvalue weighted by Gasteiger charge is -2.19. The van der Waals surface area contributed by atoms with Gasteiger partial charge in [-0.2, -0.15) is 0 Å². The zero-order valence-corrected chi connectivity index (χ0v) is 14.0. The van der Waals surface area contributed by atoms with Crippen LogP contribution in [0.25, 0.3) is 0 Å². The number of carbonyl (C=O) groups excluding carboxylic acids is 1. The van der Waals surface area contributed by atoms with Crippen LogP contribution in [0, 0.1) is 13.8 Å². The van der Waals surface area contributed by atoms with Crippen molar-refractivity contribution in [1.82, 2.24) is 5.32 Å². The van der Waals surface area contributed by atoms with Gasteiger partial charge in [0.25, 0.3) is 5.91 Å². The molecule has 1 N–H and O–H groups in total. The molecule has 3 aromatic rings. The molecule has 1 aromatic heterocycles. The SMILES string of the molecule is Cc1cc(C(=O)N[C@@H](Cc2ccccc2)c2ccccc2)c(C)o1. The predicted octanol–water partition coefficient (Wildman–Crippen LogP) is 4.61. The van der Waals surface area contributed by atoms with Gasteiger partial charge < -0.3 is 9.73 Å². The number of carbonyl (C=O) groups is 1. The lowest BCUT2D eigenvalue weighted by atomic mass is 9.98. The zero-order valence-electron chi connectivity index (χ0n) is 14.0. The van der Waals surface area contributed by atoms with E-state index in [1.165, 1.54) is 5.56 Å². The lowest BCUT2D eigenvalue weighted by Crippen LogP contribution is -2.30. The van der Waals surface area contributed by atoms with Gasteiger partial charge in [0.1, 0.15) is 11.5 Å². The van der Waals surface area contributed by atoms with E-state index in [1.807, 2.05) is 62.4 Å². The van der Waals surface area contributed by atoms with Crippen molar-refractivity contribution in [1.29, 1.82) is 0 Å². The summed E-state index contributed by atoms with van der Waals surface area (Å²) in [6.07, 6.45) is 0.743. The maximum Gasteiger partial charge on any atom is 0.255 e. The molecule has 3 heteroatoms. The van der Waals surface area contributed by atoms with Crippen LogP contribution in [0.4, 0.5) is 0 Å². The van der Waals surface area contributed by atoms with E-state index in [4.69, 9.17) is 4.42 Å². The summed E-state index contributed by atoms with van der Waals surface area (Å²) in [6, 6.07) is 21.9. The van der Waals surface area contributed by atoms with Crippen molar-refractivity contribution in [2.24, 2.45) is 0 Å². The standard InChI is InChI=1S/C21H21NO2/c1-15-13-19(16(2)24-15)21(23)22-20(18-11-7-4-8-12-18)14-17-9-5-3-6-10-17/h3-13,20H,14H2,1-2H3,(H,22,23)/t20-/m0/s1. The molecule has 0 bridgehead atoms. The van der Waals surface area contributed by atoms with Gasteiger partial charge in [0.05, 0.1) is 11.6 Å². The third-order valence-electron chi connectivity index (χ3n) is 4.08. The Labute approximate surface area is 142 Å². The number of aryl methyl sites for hydroxylation is 2. The molecule has 24 heavy (non-hydrogen) atoms. The fourth-order valence-electron chi connectivity index (χ4n) is 2.88. The third kappa shape index (κ3) is 3.74. The van der Waals surface area contributed by atoms with E-state index in [-0.39, 0.29) is 11.9 Å². The molecule has 0 saturated carbocycles. The summed E-state index contributed by atoms with van der Waals surface area (Å²) in [5.74, 6) is 1.29. The first-order chi connectivity index (χ1) is 11.6. The molecule has 0 radical (unpaired) electrons. The molecule has 2 aromatic carbocycles. The van der Waals surface area contributed by atoms with Gasteiger partial charge in [-0.15, -0.1) is 0 Å². The van der Waals surface area contributed by atoms with E-state index in [9.17, 15) is 4.79 Å². The highest BCUT2D eigenvalue weighted by Gasteiger charge is 2.19. The number of benzene rings is 2. The summed E-state index contributed by atoms with van der Waals surface area (Å²) in [6.45, 7) is 3.67. The highest BCUT2D eigenvalue weighted by Crippen LogP contribution is 2.20. The van der Waals surface area contributed by atoms with E-state index in [0.29, 0.717) is 11.3 Å². The molecule has 0 aliphatic rings. The smallest absolute Gasteiger partial charge is 0.255 e. The largest absolute Gasteiger partial charge is 0.466 e. The second-order valence-electron chi connectivity index (χ2n) is 5.95. The Kier molecular flexibility index (Phi) is 4.80. The van der Waals surface area contributed by atoms with Gasteiger partial charge >= 0.3 is 0 Å². The minimum atomic E-state index is -0.103. The van der Waals surface area contributed by atoms with Crippen molar-refractivity contribution in [2.45, 2.75) is 26.3 Å². The van der Waals surface area contributed by atoms with Crippen LogP contribution >= 0.6 is 0 Å². The Morgan fingerprint density at radius 3 is 2.21 bits per heavy atom. The van der Waals surface area contributed by atoms with E-state index in [1.54, 1.807) is 6.07 Å². The van der Waals surface area contributed by atoms with Crippen LogP contribution in [-0.2, 0) is 6.42 Å². The van der Waals surface area contributed by atoms with Gasteiger partial charge in [-0.1, -0.05) is 60.7 Å². The first kappa shape index (κ1) is 16.1. The topological polar surface area (TPSA) is 42.2 Å². The van der Waals surface area contributed by atoms with Crippen LogP contribution in [0.3, 0.4) is 0 Å². The van der Waals surface area contributed by atoms with Crippen LogP contribution in [0.5, 0.6) is 0 Å². The van der Waals surface area contributed by atoms with Gasteiger partial charge in [-0.25, -0.2) is 0 Å². The monoisotopic (exact) mass is 319 g/mol. The fraction of sp³-hybridized carbons (Fsp3) is 0.190. The zero-order chi connectivity index (χ0) is 16.9. The predicted molar refractivity (Wildman–Crippen MR) is 95.0 cm³/mol. The average molecular weight is 319 g/mol. The molecule has 1 amide bonds. The van der Waals surface area contributed by atoms with Gasteiger partial charge in [0.2, 0.25) is 0 Å². The highest BCUT2D eigenvalue weighted by atomic mass is 16.3. The Morgan fingerprint density at radius 2 is 1.62 bits per heavy atom. The maximum absolute atomic E-state index is 12.7. The maximum atomic E-state index is 12.7. The summed E-state index contributed by atoms with van der Waals surface area (Å²) in [5, 5.41) is 3.15. The van der Waals surface area contributed by atoms with E-state index in [0.717, 1.165) is 17.7 Å². The Hall–Kier alpha value is -2.81. The van der Waals surface area contributed by atoms with Crippen molar-refractivity contribution in [3.8, 4) is 0 Å². The number of nitrogens with one attached hydrogen (secondary N) is 1. The number of hydrogen-bond acceptors (Lipinski definition) is 2. The van der Waals surface area contributed by atoms with Crippen molar-refractivity contribution >= 4 is 5.91 Å². The average Bonchev–Trinajstić information content (AvgIpc) is 2.94. The summed E-state index contributed by atoms with van der Waals surface area (Å²) < 4.78 is 5.48. The molecule has 0 saturated heterocycles. The summed E-state index contributed by atoms with van der Waals surface area (Å²) >= 11 is 0. The molecule has 0 aliphatic heterocycles. The van der Waals surface area contributed by atoms with Gasteiger partial charge in [0, 0.05) is 0 Å². The van der Waals surface area contributed by atoms with E-state index in [2.05, 4.69) is 17.4 Å². The first-order valence-corrected chi connectivity index (χ1v) is 8.10. The summed E-state index contributed by atoms with van der Waals surface area (Å²) in [5.41, 5.74) is 2.88. The van der Waals surface area contributed by atoms with Gasteiger partial charge in [-0.3, -0.25) is 4.79 Å². The fourth-order valence-corrected chi connectivity index (χ4v) is 2.88. The molecular formula is C21H21NO2. The number of hydrogen-bond donors (Lipinski definition) is 1. The van der Waals surface area contributed by atoms with Crippen LogP contribution in [0.1, 0.15) is 39.0 Å². The molecule has 3 nitrogen and oxygen atoms in total. The second kappa shape index (κ2) is 7.18. The van der Waals surface area contributed by atoms with Gasteiger partial charge in [0.15, 0.2) is 0 Å². The van der Waals surface area contributed by atoms with E-state index < -0.39 is 0 Å². The molecule has 122 valence electrons. The molecular weight excluding hydrogens is 298 g/mol. The lowest BCUT2D eigenvalue weighted by molar-refractivity contribution is 0.0935. The summed E-state index contributed by atoms with van der Waals surface area (Å²) in [7, 11) is 0. The third-order valence-corrected chi connectivity index (χ3v) is 4.08. The quantitative estimate of drug-likeness (QED) is 0.746. The molecule has 1 heterocycles. The second-order valence-corrected chi connectivity index (χ2v) is 5.95. The summed E-state index contributed by atoms with van der Waals surface area (Å²) in [4.78, 5) is 12.7. The van der Waals surface area contributed by atoms with Crippen molar-refractivity contribution in [3.05, 3.63) is 94.9 Å². The van der Waals surface area contributed by atoms with Crippen molar-refractivity contribution in [3.63, 3.8) is 0 Å². The van der Waals surface area contributed by atoms with Crippen LogP contribution < -0.4 is 5.32 Å². The highest BCUT2D eigenvalue weighted by molar-refractivity contribution is 5.95.